The highest BCUT2D eigenvalue weighted by Crippen LogP contribution is 2.17. The van der Waals surface area contributed by atoms with Crippen molar-refractivity contribution in [2.75, 3.05) is 25.5 Å². The van der Waals surface area contributed by atoms with Crippen LogP contribution in [0.4, 0.5) is 10.5 Å². The number of carbonyl (C=O) groups is 2. The van der Waals surface area contributed by atoms with E-state index in [-0.39, 0.29) is 24.4 Å². The standard InChI is InChI=1S/C15H24N4O2/c1-4-17-11(2)12-6-5-7-13(10-12)19-15(21)18-9-8-14(20)16-3/h5-7,10-11,17H,4,8-9H2,1-3H3,(H,16,20)(H2,18,19,21). The Morgan fingerprint density at radius 3 is 2.71 bits per heavy atom. The summed E-state index contributed by atoms with van der Waals surface area (Å²) in [5, 5.41) is 11.2. The van der Waals surface area contributed by atoms with Gasteiger partial charge in [-0.3, -0.25) is 4.79 Å². The average molecular weight is 292 g/mol. The van der Waals surface area contributed by atoms with Crippen molar-refractivity contribution < 1.29 is 9.59 Å². The van der Waals surface area contributed by atoms with Crippen molar-refractivity contribution in [3.05, 3.63) is 29.8 Å². The maximum absolute atomic E-state index is 11.7. The molecule has 0 fully saturated rings. The van der Waals surface area contributed by atoms with Gasteiger partial charge in [0.15, 0.2) is 0 Å². The minimum atomic E-state index is -0.313. The van der Waals surface area contributed by atoms with Gasteiger partial charge in [0, 0.05) is 31.7 Å². The summed E-state index contributed by atoms with van der Waals surface area (Å²) in [6.45, 7) is 5.32. The van der Waals surface area contributed by atoms with Crippen molar-refractivity contribution in [1.29, 1.82) is 0 Å². The second-order valence-corrected chi connectivity index (χ2v) is 4.71. The Balaban J connectivity index is 2.48. The summed E-state index contributed by atoms with van der Waals surface area (Å²) in [5.74, 6) is -0.100. The number of hydrogen-bond donors (Lipinski definition) is 4. The fourth-order valence-corrected chi connectivity index (χ4v) is 1.90. The van der Waals surface area contributed by atoms with E-state index in [2.05, 4.69) is 35.1 Å². The van der Waals surface area contributed by atoms with Crippen molar-refractivity contribution in [2.24, 2.45) is 0 Å². The lowest BCUT2D eigenvalue weighted by Crippen LogP contribution is -2.32. The molecule has 21 heavy (non-hydrogen) atoms. The first-order chi connectivity index (χ1) is 10.1. The maximum atomic E-state index is 11.7. The number of amides is 3. The molecule has 1 rings (SSSR count). The summed E-state index contributed by atoms with van der Waals surface area (Å²) in [7, 11) is 1.57. The van der Waals surface area contributed by atoms with Gasteiger partial charge in [-0.25, -0.2) is 4.79 Å². The topological polar surface area (TPSA) is 82.3 Å². The molecular weight excluding hydrogens is 268 g/mol. The third-order valence-corrected chi connectivity index (χ3v) is 3.07. The SMILES string of the molecule is CCNC(C)c1cccc(NC(=O)NCCC(=O)NC)c1. The minimum absolute atomic E-state index is 0.100. The highest BCUT2D eigenvalue weighted by Gasteiger charge is 2.06. The van der Waals surface area contributed by atoms with Gasteiger partial charge in [0.25, 0.3) is 0 Å². The lowest BCUT2D eigenvalue weighted by molar-refractivity contribution is -0.120. The maximum Gasteiger partial charge on any atom is 0.319 e. The second-order valence-electron chi connectivity index (χ2n) is 4.71. The molecule has 0 saturated heterocycles. The molecule has 0 aliphatic heterocycles. The molecule has 0 aromatic heterocycles. The number of anilines is 1. The molecule has 116 valence electrons. The van der Waals surface area contributed by atoms with Crippen molar-refractivity contribution in [1.82, 2.24) is 16.0 Å². The zero-order valence-electron chi connectivity index (χ0n) is 12.8. The molecule has 1 aromatic rings. The van der Waals surface area contributed by atoms with E-state index in [1.165, 1.54) is 0 Å². The van der Waals surface area contributed by atoms with Crippen molar-refractivity contribution >= 4 is 17.6 Å². The summed E-state index contributed by atoms with van der Waals surface area (Å²) in [6.07, 6.45) is 0.265. The Labute approximate surface area is 125 Å². The molecule has 0 spiro atoms. The number of nitrogens with one attached hydrogen (secondary N) is 4. The van der Waals surface area contributed by atoms with Crippen LogP contribution in [0.5, 0.6) is 0 Å². The van der Waals surface area contributed by atoms with Gasteiger partial charge < -0.3 is 21.3 Å². The number of carbonyl (C=O) groups excluding carboxylic acids is 2. The van der Waals surface area contributed by atoms with Crippen molar-refractivity contribution in [2.45, 2.75) is 26.3 Å². The smallest absolute Gasteiger partial charge is 0.319 e. The predicted octanol–water partition coefficient (Wildman–Crippen LogP) is 1.61. The normalized spacial score (nSPS) is 11.6. The van der Waals surface area contributed by atoms with Crippen LogP contribution in [0.3, 0.4) is 0 Å². The predicted molar refractivity (Wildman–Crippen MR) is 84.2 cm³/mol. The molecule has 6 nitrogen and oxygen atoms in total. The molecule has 0 bridgehead atoms. The molecule has 3 amide bonds. The number of hydrogen-bond acceptors (Lipinski definition) is 3. The molecule has 1 atom stereocenters. The fourth-order valence-electron chi connectivity index (χ4n) is 1.90. The number of benzene rings is 1. The van der Waals surface area contributed by atoms with E-state index in [1.54, 1.807) is 7.05 Å². The first-order valence-corrected chi connectivity index (χ1v) is 7.15. The van der Waals surface area contributed by atoms with Gasteiger partial charge in [0.1, 0.15) is 0 Å². The molecule has 0 saturated carbocycles. The van der Waals surface area contributed by atoms with Gasteiger partial charge in [0.2, 0.25) is 5.91 Å². The van der Waals surface area contributed by atoms with Gasteiger partial charge >= 0.3 is 6.03 Å². The lowest BCUT2D eigenvalue weighted by Gasteiger charge is -2.14. The number of urea groups is 1. The molecule has 6 heteroatoms. The third-order valence-electron chi connectivity index (χ3n) is 3.07. The van der Waals surface area contributed by atoms with E-state index < -0.39 is 0 Å². The quantitative estimate of drug-likeness (QED) is 0.616. The summed E-state index contributed by atoms with van der Waals surface area (Å²) in [6, 6.07) is 7.61. The van der Waals surface area contributed by atoms with Crippen LogP contribution in [-0.4, -0.2) is 32.1 Å². The molecule has 1 aromatic carbocycles. The van der Waals surface area contributed by atoms with Gasteiger partial charge in [-0.2, -0.15) is 0 Å². The summed E-state index contributed by atoms with van der Waals surface area (Å²) >= 11 is 0. The Bertz CT molecular complexity index is 476. The van der Waals surface area contributed by atoms with Gasteiger partial charge in [-0.05, 0) is 31.2 Å². The summed E-state index contributed by atoms with van der Waals surface area (Å²) < 4.78 is 0. The van der Waals surface area contributed by atoms with E-state index in [0.29, 0.717) is 6.54 Å². The Morgan fingerprint density at radius 2 is 2.05 bits per heavy atom. The van der Waals surface area contributed by atoms with Gasteiger partial charge in [-0.1, -0.05) is 19.1 Å². The third kappa shape index (κ3) is 6.27. The highest BCUT2D eigenvalue weighted by molar-refractivity contribution is 5.89. The first kappa shape index (κ1) is 17.0. The summed E-state index contributed by atoms with van der Waals surface area (Å²) in [4.78, 5) is 22.8. The van der Waals surface area contributed by atoms with Crippen LogP contribution in [0.15, 0.2) is 24.3 Å². The van der Waals surface area contributed by atoms with E-state index >= 15 is 0 Å². The van der Waals surface area contributed by atoms with E-state index in [9.17, 15) is 9.59 Å². The van der Waals surface area contributed by atoms with Crippen LogP contribution in [-0.2, 0) is 4.79 Å². The van der Waals surface area contributed by atoms with Crippen LogP contribution >= 0.6 is 0 Å². The molecule has 0 heterocycles. The lowest BCUT2D eigenvalue weighted by atomic mass is 10.1. The monoisotopic (exact) mass is 292 g/mol. The van der Waals surface area contributed by atoms with E-state index in [4.69, 9.17) is 0 Å². The van der Waals surface area contributed by atoms with Crippen LogP contribution in [0.2, 0.25) is 0 Å². The molecule has 0 aliphatic rings. The van der Waals surface area contributed by atoms with Crippen molar-refractivity contribution in [3.63, 3.8) is 0 Å². The molecule has 0 radical (unpaired) electrons. The minimum Gasteiger partial charge on any atom is -0.359 e. The Morgan fingerprint density at radius 1 is 1.29 bits per heavy atom. The first-order valence-electron chi connectivity index (χ1n) is 7.15. The largest absolute Gasteiger partial charge is 0.359 e. The fraction of sp³-hybridized carbons (Fsp3) is 0.467. The van der Waals surface area contributed by atoms with E-state index in [1.807, 2.05) is 24.3 Å². The Kier molecular flexibility index (Phi) is 7.25. The zero-order valence-corrected chi connectivity index (χ0v) is 12.8. The van der Waals surface area contributed by atoms with Crippen LogP contribution in [0.25, 0.3) is 0 Å². The van der Waals surface area contributed by atoms with Crippen LogP contribution < -0.4 is 21.3 Å². The summed E-state index contributed by atoms with van der Waals surface area (Å²) in [5.41, 5.74) is 1.84. The van der Waals surface area contributed by atoms with Gasteiger partial charge in [0.05, 0.1) is 0 Å². The zero-order chi connectivity index (χ0) is 15.7. The molecular formula is C15H24N4O2. The van der Waals surface area contributed by atoms with Crippen LogP contribution in [0, 0.1) is 0 Å². The molecule has 1 unspecified atom stereocenters. The highest BCUT2D eigenvalue weighted by atomic mass is 16.2. The van der Waals surface area contributed by atoms with Crippen molar-refractivity contribution in [3.8, 4) is 0 Å². The average Bonchev–Trinajstić information content (AvgIpc) is 2.47. The van der Waals surface area contributed by atoms with Gasteiger partial charge in [-0.15, -0.1) is 0 Å². The molecule has 4 N–H and O–H groups in total. The van der Waals surface area contributed by atoms with E-state index in [0.717, 1.165) is 17.8 Å². The molecule has 0 aliphatic carbocycles. The number of rotatable bonds is 7. The van der Waals surface area contributed by atoms with Crippen LogP contribution in [0.1, 0.15) is 31.9 Å². The second kappa shape index (κ2) is 8.97. The Hall–Kier alpha value is -2.08.